The van der Waals surface area contributed by atoms with E-state index in [2.05, 4.69) is 19.9 Å². The van der Waals surface area contributed by atoms with Gasteiger partial charge in [0.05, 0.1) is 21.6 Å². The zero-order valence-electron chi connectivity index (χ0n) is 25.4. The second-order valence-corrected chi connectivity index (χ2v) is 14.5. The van der Waals surface area contributed by atoms with Crippen LogP contribution in [0.25, 0.3) is 28.3 Å². The van der Waals surface area contributed by atoms with Gasteiger partial charge in [-0.05, 0) is 66.5 Å². The lowest BCUT2D eigenvalue weighted by Crippen LogP contribution is -2.36. The topological polar surface area (TPSA) is 141 Å². The molecule has 45 heavy (non-hydrogen) atoms. The predicted octanol–water partition coefficient (Wildman–Crippen LogP) is 6.09. The van der Waals surface area contributed by atoms with Crippen LogP contribution < -0.4 is 14.2 Å². The van der Waals surface area contributed by atoms with Gasteiger partial charge in [-0.15, -0.1) is 0 Å². The molecule has 0 aliphatic carbocycles. The van der Waals surface area contributed by atoms with E-state index >= 15 is 0 Å². The van der Waals surface area contributed by atoms with Crippen LogP contribution in [0.4, 0.5) is 5.69 Å². The van der Waals surface area contributed by atoms with Gasteiger partial charge in [0.2, 0.25) is 11.5 Å². The molecule has 0 radical (unpaired) electrons. The van der Waals surface area contributed by atoms with Crippen molar-refractivity contribution in [3.63, 3.8) is 0 Å². The lowest BCUT2D eigenvalue weighted by molar-refractivity contribution is -0.678. The van der Waals surface area contributed by atoms with Crippen molar-refractivity contribution >= 4 is 43.1 Å². The number of hydrogen-bond acceptors (Lipinski definition) is 8. The summed E-state index contributed by atoms with van der Waals surface area (Å²) in [6.07, 6.45) is 4.16. The monoisotopic (exact) mass is 654 g/mol. The molecule has 1 aromatic heterocycles. The Labute approximate surface area is 264 Å². The molecule has 240 valence electrons. The van der Waals surface area contributed by atoms with Gasteiger partial charge in [0.25, 0.3) is 15.6 Å². The highest BCUT2D eigenvalue weighted by Gasteiger charge is 2.30. The Hall–Kier alpha value is -3.71. The highest BCUT2D eigenvalue weighted by atomic mass is 32.2. The van der Waals surface area contributed by atoms with E-state index in [1.165, 1.54) is 0 Å². The summed E-state index contributed by atoms with van der Waals surface area (Å²) < 4.78 is 80.2. The van der Waals surface area contributed by atoms with Crippen LogP contribution in [-0.4, -0.2) is 44.0 Å². The fourth-order valence-corrected chi connectivity index (χ4v) is 6.58. The van der Waals surface area contributed by atoms with Crippen LogP contribution in [0.3, 0.4) is 0 Å². The molecule has 4 aromatic rings. The van der Waals surface area contributed by atoms with Crippen molar-refractivity contribution in [1.82, 2.24) is 0 Å². The number of hydrogen-bond donors (Lipinski definition) is 1. The molecule has 0 saturated carbocycles. The SMILES string of the molecule is CCC(C)c1ccc2c(c1)N(CCCCS(=O)(=O)[O-])C(=Cc1oc3ccc(-c4ccccc4)cc3[n+]1CCCCS(=O)(=O)O)O2. The number of aromatic nitrogens is 1. The first kappa shape index (κ1) is 32.7. The minimum atomic E-state index is -4.31. The molecule has 5 rings (SSSR count). The smallest absolute Gasteiger partial charge is 0.379 e. The highest BCUT2D eigenvalue weighted by molar-refractivity contribution is 7.85. The Balaban J connectivity index is 1.54. The van der Waals surface area contributed by atoms with E-state index < -0.39 is 26.0 Å². The van der Waals surface area contributed by atoms with E-state index in [0.29, 0.717) is 55.0 Å². The molecule has 0 fully saturated rings. The van der Waals surface area contributed by atoms with E-state index in [-0.39, 0.29) is 18.6 Å². The average Bonchev–Trinajstić information content (AvgIpc) is 3.52. The lowest BCUT2D eigenvalue weighted by Gasteiger charge is -2.19. The van der Waals surface area contributed by atoms with Gasteiger partial charge in [0, 0.05) is 24.8 Å². The molecular formula is C33H38N2O8S2. The third kappa shape index (κ3) is 8.31. The first-order chi connectivity index (χ1) is 21.4. The zero-order valence-corrected chi connectivity index (χ0v) is 27.0. The largest absolute Gasteiger partial charge is 0.748 e. The summed E-state index contributed by atoms with van der Waals surface area (Å²) in [5.74, 6) is 1.20. The summed E-state index contributed by atoms with van der Waals surface area (Å²) in [6.45, 7) is 5.12. The van der Waals surface area contributed by atoms with Gasteiger partial charge < -0.3 is 18.6 Å². The van der Waals surface area contributed by atoms with Crippen LogP contribution in [0.1, 0.15) is 63.3 Å². The normalized spacial score (nSPS) is 15.0. The van der Waals surface area contributed by atoms with E-state index in [9.17, 15) is 25.9 Å². The summed E-state index contributed by atoms with van der Waals surface area (Å²) in [7, 11) is -8.39. The Bertz CT molecular complexity index is 1900. The number of aryl methyl sites for hydroxylation is 1. The Kier molecular flexibility index (Phi) is 9.97. The summed E-state index contributed by atoms with van der Waals surface area (Å²) in [5, 5.41) is 0. The molecule has 12 heteroatoms. The molecule has 1 N–H and O–H groups in total. The number of benzene rings is 3. The summed E-state index contributed by atoms with van der Waals surface area (Å²) in [5.41, 5.74) is 5.49. The quantitative estimate of drug-likeness (QED) is 0.0971. The zero-order chi connectivity index (χ0) is 32.2. The third-order valence-electron chi connectivity index (χ3n) is 8.08. The van der Waals surface area contributed by atoms with Crippen LogP contribution in [-0.2, 0) is 26.8 Å². The van der Waals surface area contributed by atoms with E-state index in [4.69, 9.17) is 9.15 Å². The molecule has 0 amide bonds. The van der Waals surface area contributed by atoms with Gasteiger partial charge in [-0.2, -0.15) is 13.0 Å². The molecule has 0 spiro atoms. The average molecular weight is 655 g/mol. The van der Waals surface area contributed by atoms with E-state index in [0.717, 1.165) is 34.3 Å². The van der Waals surface area contributed by atoms with Crippen LogP contribution >= 0.6 is 0 Å². The maximum Gasteiger partial charge on any atom is 0.379 e. The third-order valence-corrected chi connectivity index (χ3v) is 9.67. The highest BCUT2D eigenvalue weighted by Crippen LogP contribution is 2.42. The molecule has 1 aliphatic rings. The van der Waals surface area contributed by atoms with Gasteiger partial charge in [-0.1, -0.05) is 56.3 Å². The Morgan fingerprint density at radius 3 is 2.40 bits per heavy atom. The molecular weight excluding hydrogens is 617 g/mol. The molecule has 1 unspecified atom stereocenters. The van der Waals surface area contributed by atoms with Crippen LogP contribution in [0, 0.1) is 0 Å². The van der Waals surface area contributed by atoms with Crippen LogP contribution in [0.5, 0.6) is 5.75 Å². The van der Waals surface area contributed by atoms with Gasteiger partial charge in [0.15, 0.2) is 12.3 Å². The maximum atomic E-state index is 11.3. The van der Waals surface area contributed by atoms with Crippen molar-refractivity contribution in [3.05, 3.63) is 84.1 Å². The van der Waals surface area contributed by atoms with Gasteiger partial charge in [-0.3, -0.25) is 4.55 Å². The second-order valence-electron chi connectivity index (χ2n) is 11.4. The molecule has 10 nitrogen and oxygen atoms in total. The minimum Gasteiger partial charge on any atom is -0.748 e. The summed E-state index contributed by atoms with van der Waals surface area (Å²) >= 11 is 0. The summed E-state index contributed by atoms with van der Waals surface area (Å²) in [4.78, 5) is 1.98. The number of anilines is 1. The standard InChI is InChI=1S/C33H38N2O8S2/c1-3-24(2)26-13-15-30-28(21-26)34(17-7-9-19-44(36,37)38)32(42-30)23-33-35(18-8-10-20-45(39,40)41)29-22-27(14-16-31(29)43-33)25-11-5-4-6-12-25/h4-6,11-16,21-24H,3,7-10,17-20H2,1-2H3,(H-,36,37,38,39,40,41). The second kappa shape index (κ2) is 13.7. The van der Waals surface area contributed by atoms with Crippen LogP contribution in [0.15, 0.2) is 77.0 Å². The number of rotatable bonds is 14. The fourth-order valence-electron chi connectivity index (χ4n) is 5.46. The van der Waals surface area contributed by atoms with Crippen molar-refractivity contribution in [2.24, 2.45) is 0 Å². The fraction of sp³-hybridized carbons (Fsp3) is 0.364. The Morgan fingerprint density at radius 1 is 0.933 bits per heavy atom. The van der Waals surface area contributed by atoms with Gasteiger partial charge in [-0.25, -0.2) is 8.42 Å². The van der Waals surface area contributed by atoms with Gasteiger partial charge in [0.1, 0.15) is 6.08 Å². The minimum absolute atomic E-state index is 0.219. The number of unbranched alkanes of at least 4 members (excludes halogenated alkanes) is 2. The predicted molar refractivity (Wildman–Crippen MR) is 172 cm³/mol. The van der Waals surface area contributed by atoms with Crippen molar-refractivity contribution < 1.29 is 39.7 Å². The molecule has 1 atom stereocenters. The number of ether oxygens (including phenoxy) is 1. The first-order valence-corrected chi connectivity index (χ1v) is 18.3. The Morgan fingerprint density at radius 2 is 1.69 bits per heavy atom. The number of fused-ring (bicyclic) bond motifs is 2. The van der Waals surface area contributed by atoms with Crippen molar-refractivity contribution in [1.29, 1.82) is 0 Å². The molecule has 2 heterocycles. The molecule has 0 saturated heterocycles. The molecule has 3 aromatic carbocycles. The van der Waals surface area contributed by atoms with Crippen LogP contribution in [0.2, 0.25) is 0 Å². The first-order valence-electron chi connectivity index (χ1n) is 15.1. The van der Waals surface area contributed by atoms with Crippen molar-refractivity contribution in [3.8, 4) is 16.9 Å². The number of oxazole rings is 1. The number of nitrogens with zero attached hydrogens (tertiary/aromatic N) is 2. The van der Waals surface area contributed by atoms with Crippen molar-refractivity contribution in [2.75, 3.05) is 23.0 Å². The molecule has 0 bridgehead atoms. The van der Waals surface area contributed by atoms with E-state index in [1.54, 1.807) is 6.08 Å². The summed E-state index contributed by atoms with van der Waals surface area (Å²) in [6, 6.07) is 21.9. The van der Waals surface area contributed by atoms with Crippen molar-refractivity contribution in [2.45, 2.75) is 58.4 Å². The van der Waals surface area contributed by atoms with Gasteiger partial charge >= 0.3 is 5.89 Å². The maximum absolute atomic E-state index is 11.3. The molecule has 1 aliphatic heterocycles. The lowest BCUT2D eigenvalue weighted by atomic mass is 9.98. The van der Waals surface area contributed by atoms with E-state index in [1.807, 2.05) is 70.1 Å².